The van der Waals surface area contributed by atoms with E-state index in [0.29, 0.717) is 11.6 Å². The summed E-state index contributed by atoms with van der Waals surface area (Å²) in [6.45, 7) is 0.477. The van der Waals surface area contributed by atoms with E-state index in [2.05, 4.69) is 20.3 Å². The maximum Gasteiger partial charge on any atom is 0.433 e. The van der Waals surface area contributed by atoms with E-state index >= 15 is 0 Å². The second kappa shape index (κ2) is 6.40. The summed E-state index contributed by atoms with van der Waals surface area (Å²) in [4.78, 5) is 22.0. The SMILES string of the molecule is CC(O)(CNc1cc(C(F)(F)F)nc(-c2ccncc2)n1)C(=O)O. The summed E-state index contributed by atoms with van der Waals surface area (Å²) in [6, 6.07) is 3.52. The van der Waals surface area contributed by atoms with Crippen LogP contribution in [-0.4, -0.2) is 43.3 Å². The van der Waals surface area contributed by atoms with Crippen molar-refractivity contribution in [1.82, 2.24) is 15.0 Å². The molecule has 0 aliphatic carbocycles. The average molecular weight is 342 g/mol. The first-order valence-corrected chi connectivity index (χ1v) is 6.66. The second-order valence-corrected chi connectivity index (χ2v) is 5.13. The van der Waals surface area contributed by atoms with E-state index in [1.54, 1.807) is 0 Å². The van der Waals surface area contributed by atoms with E-state index in [1.165, 1.54) is 24.5 Å². The third kappa shape index (κ3) is 4.16. The van der Waals surface area contributed by atoms with Gasteiger partial charge in [0.1, 0.15) is 5.82 Å². The highest BCUT2D eigenvalue weighted by Crippen LogP contribution is 2.30. The van der Waals surface area contributed by atoms with Crippen molar-refractivity contribution in [2.45, 2.75) is 18.7 Å². The Morgan fingerprint density at radius 3 is 2.42 bits per heavy atom. The van der Waals surface area contributed by atoms with E-state index in [9.17, 15) is 23.1 Å². The van der Waals surface area contributed by atoms with Gasteiger partial charge in [0.15, 0.2) is 17.1 Å². The maximum absolute atomic E-state index is 13.0. The fourth-order valence-corrected chi connectivity index (χ4v) is 1.65. The fourth-order valence-electron chi connectivity index (χ4n) is 1.65. The molecule has 2 heterocycles. The number of carbonyl (C=O) groups is 1. The van der Waals surface area contributed by atoms with E-state index < -0.39 is 30.0 Å². The summed E-state index contributed by atoms with van der Waals surface area (Å²) in [5.74, 6) is -1.98. The molecule has 1 unspecified atom stereocenters. The molecule has 0 bridgehead atoms. The van der Waals surface area contributed by atoms with Gasteiger partial charge in [-0.1, -0.05) is 0 Å². The monoisotopic (exact) mass is 342 g/mol. The Kier molecular flexibility index (Phi) is 4.69. The lowest BCUT2D eigenvalue weighted by Crippen LogP contribution is -2.42. The van der Waals surface area contributed by atoms with Crippen molar-refractivity contribution < 1.29 is 28.2 Å². The zero-order valence-electron chi connectivity index (χ0n) is 12.4. The van der Waals surface area contributed by atoms with Crippen molar-refractivity contribution in [3.8, 4) is 11.4 Å². The number of pyridine rings is 1. The Labute approximate surface area is 134 Å². The number of aliphatic hydroxyl groups is 1. The first kappa shape index (κ1) is 17.6. The summed E-state index contributed by atoms with van der Waals surface area (Å²) >= 11 is 0. The third-order valence-corrected chi connectivity index (χ3v) is 3.03. The number of carboxylic acids is 1. The second-order valence-electron chi connectivity index (χ2n) is 5.13. The van der Waals surface area contributed by atoms with Gasteiger partial charge in [0.2, 0.25) is 0 Å². The van der Waals surface area contributed by atoms with Crippen molar-refractivity contribution in [1.29, 1.82) is 0 Å². The number of halogens is 3. The van der Waals surface area contributed by atoms with Crippen LogP contribution in [-0.2, 0) is 11.0 Å². The molecule has 7 nitrogen and oxygen atoms in total. The molecule has 0 aliphatic rings. The topological polar surface area (TPSA) is 108 Å². The highest BCUT2D eigenvalue weighted by Gasteiger charge is 2.34. The maximum atomic E-state index is 13.0. The number of nitrogens with one attached hydrogen (secondary N) is 1. The molecule has 2 aromatic rings. The average Bonchev–Trinajstić information content (AvgIpc) is 2.52. The first-order valence-electron chi connectivity index (χ1n) is 6.66. The van der Waals surface area contributed by atoms with Crippen molar-refractivity contribution >= 4 is 11.8 Å². The van der Waals surface area contributed by atoms with Crippen LogP contribution in [0.15, 0.2) is 30.6 Å². The minimum atomic E-state index is -4.71. The molecule has 0 fully saturated rings. The van der Waals surface area contributed by atoms with E-state index in [1.807, 2.05) is 0 Å². The molecule has 3 N–H and O–H groups in total. The number of alkyl halides is 3. The Morgan fingerprint density at radius 2 is 1.88 bits per heavy atom. The van der Waals surface area contributed by atoms with Crippen molar-refractivity contribution in [3.05, 3.63) is 36.3 Å². The molecular formula is C14H13F3N4O3. The molecule has 0 aromatic carbocycles. The quantitative estimate of drug-likeness (QED) is 0.760. The largest absolute Gasteiger partial charge is 0.479 e. The minimum Gasteiger partial charge on any atom is -0.479 e. The van der Waals surface area contributed by atoms with Crippen molar-refractivity contribution in [2.75, 3.05) is 11.9 Å². The van der Waals surface area contributed by atoms with Gasteiger partial charge in [-0.15, -0.1) is 0 Å². The van der Waals surface area contributed by atoms with Gasteiger partial charge in [-0.3, -0.25) is 4.98 Å². The van der Waals surface area contributed by atoms with Gasteiger partial charge in [-0.05, 0) is 19.1 Å². The minimum absolute atomic E-state index is 0.204. The number of rotatable bonds is 5. The molecule has 0 saturated carbocycles. The third-order valence-electron chi connectivity index (χ3n) is 3.03. The summed E-state index contributed by atoms with van der Waals surface area (Å²) in [5, 5.41) is 20.8. The molecule has 10 heteroatoms. The highest BCUT2D eigenvalue weighted by atomic mass is 19.4. The van der Waals surface area contributed by atoms with Crippen LogP contribution in [0.3, 0.4) is 0 Å². The van der Waals surface area contributed by atoms with Crippen LogP contribution in [0.1, 0.15) is 12.6 Å². The predicted molar refractivity (Wildman–Crippen MR) is 77.0 cm³/mol. The van der Waals surface area contributed by atoms with E-state index in [0.717, 1.165) is 6.92 Å². The molecule has 0 amide bonds. The number of hydrogen-bond acceptors (Lipinski definition) is 6. The van der Waals surface area contributed by atoms with Gasteiger partial charge >= 0.3 is 12.1 Å². The number of hydrogen-bond donors (Lipinski definition) is 3. The van der Waals surface area contributed by atoms with Crippen LogP contribution in [0.5, 0.6) is 0 Å². The van der Waals surface area contributed by atoms with Gasteiger partial charge in [0.05, 0.1) is 6.54 Å². The summed E-state index contributed by atoms with van der Waals surface area (Å²) < 4.78 is 39.0. The number of nitrogens with zero attached hydrogens (tertiary/aromatic N) is 3. The Morgan fingerprint density at radius 1 is 1.25 bits per heavy atom. The number of anilines is 1. The smallest absolute Gasteiger partial charge is 0.433 e. The highest BCUT2D eigenvalue weighted by molar-refractivity contribution is 5.77. The molecular weight excluding hydrogens is 329 g/mol. The number of aromatic nitrogens is 3. The van der Waals surface area contributed by atoms with Gasteiger partial charge < -0.3 is 15.5 Å². The van der Waals surface area contributed by atoms with E-state index in [4.69, 9.17) is 5.11 Å². The predicted octanol–water partition coefficient (Wildman–Crippen LogP) is 1.80. The lowest BCUT2D eigenvalue weighted by Gasteiger charge is -2.19. The molecule has 0 radical (unpaired) electrons. The summed E-state index contributed by atoms with van der Waals surface area (Å²) in [5.41, 5.74) is -3.05. The van der Waals surface area contributed by atoms with Crippen LogP contribution >= 0.6 is 0 Å². The van der Waals surface area contributed by atoms with Crippen molar-refractivity contribution in [3.63, 3.8) is 0 Å². The lowest BCUT2D eigenvalue weighted by atomic mass is 10.1. The van der Waals surface area contributed by atoms with E-state index in [-0.39, 0.29) is 11.6 Å². The number of aliphatic carboxylic acids is 1. The van der Waals surface area contributed by atoms with Crippen LogP contribution in [0.25, 0.3) is 11.4 Å². The summed E-state index contributed by atoms with van der Waals surface area (Å²) in [7, 11) is 0. The van der Waals surface area contributed by atoms with Crippen LogP contribution in [0, 0.1) is 0 Å². The van der Waals surface area contributed by atoms with Crippen LogP contribution < -0.4 is 5.32 Å². The van der Waals surface area contributed by atoms with Gasteiger partial charge in [-0.2, -0.15) is 13.2 Å². The molecule has 0 aliphatic heterocycles. The zero-order chi connectivity index (χ0) is 18.0. The molecule has 0 saturated heterocycles. The normalized spacial score (nSPS) is 14.0. The number of carboxylic acid groups (broad SMARTS) is 1. The Bertz CT molecular complexity index is 736. The lowest BCUT2D eigenvalue weighted by molar-refractivity contribution is -0.155. The zero-order valence-corrected chi connectivity index (χ0v) is 12.4. The fraction of sp³-hybridized carbons (Fsp3) is 0.286. The molecule has 2 aromatic heterocycles. The molecule has 0 spiro atoms. The van der Waals surface area contributed by atoms with Crippen LogP contribution in [0.4, 0.5) is 19.0 Å². The Balaban J connectivity index is 2.39. The summed E-state index contributed by atoms with van der Waals surface area (Å²) in [6.07, 6.45) is -1.96. The standard InChI is InChI=1S/C14H13F3N4O3/c1-13(24,12(22)23)7-19-10-6-9(14(15,16)17)20-11(21-10)8-2-4-18-5-3-8/h2-6,24H,7H2,1H3,(H,22,23)(H,19,20,21). The molecule has 1 atom stereocenters. The van der Waals surface area contributed by atoms with Crippen molar-refractivity contribution in [2.24, 2.45) is 0 Å². The molecule has 128 valence electrons. The molecule has 24 heavy (non-hydrogen) atoms. The Hall–Kier alpha value is -2.75. The van der Waals surface area contributed by atoms with Gasteiger partial charge in [-0.25, -0.2) is 14.8 Å². The van der Waals surface area contributed by atoms with Gasteiger partial charge in [0, 0.05) is 24.0 Å². The molecule has 2 rings (SSSR count). The first-order chi connectivity index (χ1) is 11.1. The van der Waals surface area contributed by atoms with Crippen LogP contribution in [0.2, 0.25) is 0 Å². The van der Waals surface area contributed by atoms with Gasteiger partial charge in [0.25, 0.3) is 0 Å².